The van der Waals surface area contributed by atoms with E-state index in [0.717, 1.165) is 5.56 Å². The lowest BCUT2D eigenvalue weighted by Crippen LogP contribution is -2.43. The highest BCUT2D eigenvalue weighted by molar-refractivity contribution is 6.09. The van der Waals surface area contributed by atoms with Crippen LogP contribution in [0.25, 0.3) is 0 Å². The second-order valence-electron chi connectivity index (χ2n) is 7.16. The number of ether oxygens (including phenoxy) is 1. The fourth-order valence-electron chi connectivity index (χ4n) is 2.45. The molecule has 0 aromatic heterocycles. The number of rotatable bonds is 7. The largest absolute Gasteiger partial charge is 0.491 e. The van der Waals surface area contributed by atoms with Gasteiger partial charge in [-0.15, -0.1) is 0 Å². The molecule has 0 amide bonds. The van der Waals surface area contributed by atoms with Gasteiger partial charge in [0.1, 0.15) is 25.0 Å². The van der Waals surface area contributed by atoms with Crippen LogP contribution in [0.15, 0.2) is 48.5 Å². The second-order valence-corrected chi connectivity index (χ2v) is 7.16. The average molecular weight is 328 g/mol. The minimum absolute atomic E-state index is 0.00776. The van der Waals surface area contributed by atoms with E-state index in [1.165, 1.54) is 0 Å². The molecule has 128 valence electrons. The molecule has 0 aliphatic carbocycles. The zero-order valence-electron chi connectivity index (χ0n) is 14.8. The number of carbonyl (C=O) groups excluding carboxylic acids is 1. The minimum atomic E-state index is -0.529. The number of carbonyl (C=O) groups is 1. The fraction of sp³-hybridized carbons (Fsp3) is 0.350. The first-order valence-corrected chi connectivity index (χ1v) is 8.07. The maximum Gasteiger partial charge on any atom is 0.193 e. The van der Waals surface area contributed by atoms with Crippen molar-refractivity contribution in [2.24, 2.45) is 0 Å². The van der Waals surface area contributed by atoms with Crippen LogP contribution in [0.5, 0.6) is 5.75 Å². The van der Waals surface area contributed by atoms with Gasteiger partial charge in [-0.3, -0.25) is 4.79 Å². The third-order valence-corrected chi connectivity index (χ3v) is 3.63. The summed E-state index contributed by atoms with van der Waals surface area (Å²) in [6, 6.07) is 14.6. The van der Waals surface area contributed by atoms with Gasteiger partial charge in [0.05, 0.1) is 21.1 Å². The van der Waals surface area contributed by atoms with Gasteiger partial charge < -0.3 is 14.3 Å². The molecule has 4 nitrogen and oxygen atoms in total. The summed E-state index contributed by atoms with van der Waals surface area (Å²) in [5.41, 5.74) is 2.42. The Balaban J connectivity index is 1.95. The van der Waals surface area contributed by atoms with E-state index in [4.69, 9.17) is 4.74 Å². The topological polar surface area (TPSA) is 46.5 Å². The summed E-state index contributed by atoms with van der Waals surface area (Å²) in [6.07, 6.45) is -0.529. The predicted molar refractivity (Wildman–Crippen MR) is 95.5 cm³/mol. The third-order valence-electron chi connectivity index (χ3n) is 3.63. The first kappa shape index (κ1) is 18.2. The molecule has 0 fully saturated rings. The fourth-order valence-corrected chi connectivity index (χ4v) is 2.45. The lowest BCUT2D eigenvalue weighted by atomic mass is 10.0. The smallest absolute Gasteiger partial charge is 0.193 e. The van der Waals surface area contributed by atoms with Crippen molar-refractivity contribution < 1.29 is 19.1 Å². The molecule has 0 saturated heterocycles. The van der Waals surface area contributed by atoms with Crippen molar-refractivity contribution in [2.75, 3.05) is 34.3 Å². The third kappa shape index (κ3) is 5.48. The SMILES string of the molecule is Cc1ccc(C(=O)c2ccc(OCC(O)C[N+](C)(C)C)cc2)cc1. The number of benzene rings is 2. The molecule has 0 radical (unpaired) electrons. The summed E-state index contributed by atoms with van der Waals surface area (Å²) in [5, 5.41) is 9.97. The Kier molecular flexibility index (Phi) is 5.75. The van der Waals surface area contributed by atoms with Gasteiger partial charge in [-0.05, 0) is 31.2 Å². The Morgan fingerprint density at radius 2 is 1.50 bits per heavy atom. The van der Waals surface area contributed by atoms with Crippen molar-refractivity contribution >= 4 is 5.78 Å². The van der Waals surface area contributed by atoms with E-state index in [9.17, 15) is 9.90 Å². The Labute approximate surface area is 143 Å². The highest BCUT2D eigenvalue weighted by Gasteiger charge is 2.16. The Hall–Kier alpha value is -2.17. The molecule has 1 unspecified atom stereocenters. The molecule has 0 saturated carbocycles. The number of hydrogen-bond acceptors (Lipinski definition) is 3. The minimum Gasteiger partial charge on any atom is -0.491 e. The number of aryl methyl sites for hydroxylation is 1. The predicted octanol–water partition coefficient (Wildman–Crippen LogP) is 2.67. The molecule has 1 atom stereocenters. The van der Waals surface area contributed by atoms with Crippen LogP contribution >= 0.6 is 0 Å². The maximum absolute atomic E-state index is 12.4. The summed E-state index contributed by atoms with van der Waals surface area (Å²) < 4.78 is 6.27. The molecule has 2 aromatic rings. The van der Waals surface area contributed by atoms with E-state index in [0.29, 0.717) is 27.9 Å². The lowest BCUT2D eigenvalue weighted by molar-refractivity contribution is -0.873. The van der Waals surface area contributed by atoms with Crippen molar-refractivity contribution in [3.63, 3.8) is 0 Å². The molecular weight excluding hydrogens is 302 g/mol. The maximum atomic E-state index is 12.4. The summed E-state index contributed by atoms with van der Waals surface area (Å²) in [6.45, 7) is 2.85. The molecule has 4 heteroatoms. The first-order valence-electron chi connectivity index (χ1n) is 8.07. The Morgan fingerprint density at radius 1 is 1.00 bits per heavy atom. The van der Waals surface area contributed by atoms with Crippen LogP contribution in [0.2, 0.25) is 0 Å². The van der Waals surface area contributed by atoms with Crippen LogP contribution in [-0.2, 0) is 0 Å². The van der Waals surface area contributed by atoms with Gasteiger partial charge >= 0.3 is 0 Å². The molecule has 0 aliphatic rings. The van der Waals surface area contributed by atoms with Gasteiger partial charge in [0.2, 0.25) is 0 Å². The van der Waals surface area contributed by atoms with Gasteiger partial charge in [0, 0.05) is 11.1 Å². The van der Waals surface area contributed by atoms with E-state index in [2.05, 4.69) is 0 Å². The van der Waals surface area contributed by atoms with Crippen LogP contribution in [0.3, 0.4) is 0 Å². The number of quaternary nitrogens is 1. The lowest BCUT2D eigenvalue weighted by Gasteiger charge is -2.26. The monoisotopic (exact) mass is 328 g/mol. The highest BCUT2D eigenvalue weighted by Crippen LogP contribution is 2.16. The van der Waals surface area contributed by atoms with E-state index < -0.39 is 6.10 Å². The van der Waals surface area contributed by atoms with Gasteiger partial charge in [0.25, 0.3) is 0 Å². The number of aliphatic hydroxyl groups is 1. The van der Waals surface area contributed by atoms with Crippen LogP contribution in [-0.4, -0.2) is 55.8 Å². The molecule has 0 spiro atoms. The van der Waals surface area contributed by atoms with Crippen molar-refractivity contribution in [2.45, 2.75) is 13.0 Å². The van der Waals surface area contributed by atoms with Gasteiger partial charge in [-0.1, -0.05) is 29.8 Å². The zero-order chi connectivity index (χ0) is 17.7. The molecule has 0 aliphatic heterocycles. The van der Waals surface area contributed by atoms with Crippen LogP contribution in [0, 0.1) is 6.92 Å². The number of nitrogens with zero attached hydrogens (tertiary/aromatic N) is 1. The van der Waals surface area contributed by atoms with E-state index in [1.54, 1.807) is 24.3 Å². The van der Waals surface area contributed by atoms with Gasteiger partial charge in [-0.2, -0.15) is 0 Å². The quantitative estimate of drug-likeness (QED) is 0.628. The zero-order valence-corrected chi connectivity index (χ0v) is 14.8. The first-order chi connectivity index (χ1) is 11.2. The number of aliphatic hydroxyl groups excluding tert-OH is 1. The van der Waals surface area contributed by atoms with Crippen molar-refractivity contribution in [3.8, 4) is 5.75 Å². The molecular formula is C20H26NO3+. The highest BCUT2D eigenvalue weighted by atomic mass is 16.5. The van der Waals surface area contributed by atoms with E-state index in [1.807, 2.05) is 52.3 Å². The summed E-state index contributed by atoms with van der Waals surface area (Å²) in [7, 11) is 6.07. The summed E-state index contributed by atoms with van der Waals surface area (Å²) in [5.74, 6) is 0.641. The Morgan fingerprint density at radius 3 is 2.00 bits per heavy atom. The van der Waals surface area contributed by atoms with Crippen LogP contribution < -0.4 is 4.74 Å². The molecule has 0 heterocycles. The summed E-state index contributed by atoms with van der Waals surface area (Å²) >= 11 is 0. The molecule has 2 rings (SSSR count). The number of ketones is 1. The second kappa shape index (κ2) is 7.60. The Bertz CT molecular complexity index is 670. The van der Waals surface area contributed by atoms with Crippen LogP contribution in [0.1, 0.15) is 21.5 Å². The average Bonchev–Trinajstić information content (AvgIpc) is 2.52. The van der Waals surface area contributed by atoms with Crippen molar-refractivity contribution in [1.29, 1.82) is 0 Å². The number of likely N-dealkylation sites (N-methyl/N-ethyl adjacent to an activating group) is 1. The number of hydrogen-bond donors (Lipinski definition) is 1. The van der Waals surface area contributed by atoms with Gasteiger partial charge in [-0.25, -0.2) is 0 Å². The summed E-state index contributed by atoms with van der Waals surface area (Å²) in [4.78, 5) is 12.4. The van der Waals surface area contributed by atoms with Crippen molar-refractivity contribution in [3.05, 3.63) is 65.2 Å². The standard InChI is InChI=1S/C20H26NO3/c1-15-5-7-16(8-6-15)20(23)17-9-11-19(12-10-17)24-14-18(22)13-21(2,3)4/h5-12,18,22H,13-14H2,1-4H3/q+1. The van der Waals surface area contributed by atoms with Crippen LogP contribution in [0.4, 0.5) is 0 Å². The molecule has 1 N–H and O–H groups in total. The molecule has 24 heavy (non-hydrogen) atoms. The molecule has 2 aromatic carbocycles. The van der Waals surface area contributed by atoms with E-state index in [-0.39, 0.29) is 12.4 Å². The van der Waals surface area contributed by atoms with Gasteiger partial charge in [0.15, 0.2) is 5.78 Å². The van der Waals surface area contributed by atoms with Crippen molar-refractivity contribution in [1.82, 2.24) is 0 Å². The molecule has 0 bridgehead atoms. The van der Waals surface area contributed by atoms with E-state index >= 15 is 0 Å². The normalized spacial score (nSPS) is 12.7.